The van der Waals surface area contributed by atoms with Gasteiger partial charge in [-0.3, -0.25) is 0 Å². The fourth-order valence-electron chi connectivity index (χ4n) is 1.87. The molecule has 0 aliphatic rings. The molecule has 6 heteroatoms. The number of aromatic amines is 1. The van der Waals surface area contributed by atoms with E-state index < -0.39 is 0 Å². The van der Waals surface area contributed by atoms with E-state index in [1.807, 2.05) is 54.2 Å². The predicted molar refractivity (Wildman–Crippen MR) is 80.4 cm³/mol. The third kappa shape index (κ3) is 2.44. The molecule has 3 aromatic rings. The van der Waals surface area contributed by atoms with Gasteiger partial charge in [0.05, 0.1) is 22.9 Å². The number of imidazole rings is 1. The summed E-state index contributed by atoms with van der Waals surface area (Å²) in [6.45, 7) is 0. The van der Waals surface area contributed by atoms with Gasteiger partial charge in [0.1, 0.15) is 0 Å². The number of nitrogens with one attached hydrogen (secondary N) is 1. The van der Waals surface area contributed by atoms with E-state index in [4.69, 9.17) is 5.73 Å². The highest BCUT2D eigenvalue weighted by Gasteiger charge is 2.00. The van der Waals surface area contributed by atoms with Crippen molar-refractivity contribution in [1.82, 2.24) is 14.5 Å². The van der Waals surface area contributed by atoms with Crippen molar-refractivity contribution in [3.8, 4) is 0 Å². The standard InChI is InChI=1S/C14H14N6/c1-20-8-4-5-10(20)9-16-13(15)19-14-17-11-6-2-3-7-12(11)18-14/h2-9H,1H3,(H3,15,17,18,19)/b16-9+. The van der Waals surface area contributed by atoms with Crippen LogP contribution in [-0.2, 0) is 7.05 Å². The smallest absolute Gasteiger partial charge is 0.231 e. The summed E-state index contributed by atoms with van der Waals surface area (Å²) in [7, 11) is 1.94. The molecule has 0 amide bonds. The molecule has 0 unspecified atom stereocenters. The van der Waals surface area contributed by atoms with Crippen LogP contribution in [0.15, 0.2) is 52.6 Å². The summed E-state index contributed by atoms with van der Waals surface area (Å²) in [4.78, 5) is 15.6. The largest absolute Gasteiger partial charge is 0.368 e. The lowest BCUT2D eigenvalue weighted by atomic mass is 10.3. The average molecular weight is 266 g/mol. The fourth-order valence-corrected chi connectivity index (χ4v) is 1.87. The van der Waals surface area contributed by atoms with Crippen LogP contribution in [0.5, 0.6) is 0 Å². The number of nitrogens with two attached hydrogens (primary N) is 1. The minimum Gasteiger partial charge on any atom is -0.368 e. The van der Waals surface area contributed by atoms with E-state index in [9.17, 15) is 0 Å². The van der Waals surface area contributed by atoms with Crippen LogP contribution in [0.3, 0.4) is 0 Å². The highest BCUT2D eigenvalue weighted by atomic mass is 15.1. The molecule has 6 nitrogen and oxygen atoms in total. The summed E-state index contributed by atoms with van der Waals surface area (Å²) in [5.74, 6) is 0.609. The van der Waals surface area contributed by atoms with Crippen LogP contribution in [0.1, 0.15) is 5.69 Å². The number of nitrogens with zero attached hydrogens (tertiary/aromatic N) is 4. The van der Waals surface area contributed by atoms with Gasteiger partial charge in [0.2, 0.25) is 11.9 Å². The number of aryl methyl sites for hydroxylation is 1. The van der Waals surface area contributed by atoms with Gasteiger partial charge in [-0.1, -0.05) is 12.1 Å². The Balaban J connectivity index is 1.84. The summed E-state index contributed by atoms with van der Waals surface area (Å²) in [5.41, 5.74) is 8.50. The molecule has 0 bridgehead atoms. The number of hydrogen-bond donors (Lipinski definition) is 2. The molecule has 100 valence electrons. The van der Waals surface area contributed by atoms with Crippen LogP contribution in [0.25, 0.3) is 11.0 Å². The first kappa shape index (κ1) is 12.2. The monoisotopic (exact) mass is 266 g/mol. The van der Waals surface area contributed by atoms with Crippen LogP contribution in [-0.4, -0.2) is 26.7 Å². The number of H-pyrrole nitrogens is 1. The molecule has 3 rings (SSSR count). The number of aliphatic imine (C=N–C) groups is 2. The minimum atomic E-state index is 0.158. The molecule has 0 aliphatic heterocycles. The fraction of sp³-hybridized carbons (Fsp3) is 0.0714. The highest BCUT2D eigenvalue weighted by molar-refractivity contribution is 5.93. The molecule has 0 atom stereocenters. The van der Waals surface area contributed by atoms with E-state index >= 15 is 0 Å². The summed E-state index contributed by atoms with van der Waals surface area (Å²) < 4.78 is 1.94. The maximum Gasteiger partial charge on any atom is 0.231 e. The maximum absolute atomic E-state index is 5.78. The summed E-state index contributed by atoms with van der Waals surface area (Å²) >= 11 is 0. The van der Waals surface area contributed by atoms with Crippen molar-refractivity contribution in [3.63, 3.8) is 0 Å². The van der Waals surface area contributed by atoms with Crippen LogP contribution in [0, 0.1) is 0 Å². The summed E-state index contributed by atoms with van der Waals surface area (Å²) in [6, 6.07) is 11.6. The number of benzene rings is 1. The van der Waals surface area contributed by atoms with E-state index in [1.165, 1.54) is 0 Å². The highest BCUT2D eigenvalue weighted by Crippen LogP contribution is 2.15. The molecule has 0 saturated heterocycles. The summed E-state index contributed by atoms with van der Waals surface area (Å²) in [5, 5.41) is 0. The average Bonchev–Trinajstić information content (AvgIpc) is 3.01. The van der Waals surface area contributed by atoms with Gasteiger partial charge >= 0.3 is 0 Å². The third-order valence-electron chi connectivity index (χ3n) is 2.91. The first-order valence-corrected chi connectivity index (χ1v) is 6.17. The normalized spacial score (nSPS) is 12.6. The Labute approximate surface area is 115 Å². The molecule has 0 saturated carbocycles. The zero-order chi connectivity index (χ0) is 13.9. The van der Waals surface area contributed by atoms with Crippen LogP contribution in [0.4, 0.5) is 5.95 Å². The van der Waals surface area contributed by atoms with E-state index in [0.29, 0.717) is 5.95 Å². The second-order valence-corrected chi connectivity index (χ2v) is 4.35. The molecule has 0 radical (unpaired) electrons. The van der Waals surface area contributed by atoms with Crippen molar-refractivity contribution in [3.05, 3.63) is 48.3 Å². The maximum atomic E-state index is 5.78. The molecule has 20 heavy (non-hydrogen) atoms. The van der Waals surface area contributed by atoms with Crippen molar-refractivity contribution >= 4 is 29.2 Å². The van der Waals surface area contributed by atoms with Gasteiger partial charge < -0.3 is 15.3 Å². The van der Waals surface area contributed by atoms with E-state index in [2.05, 4.69) is 20.0 Å². The van der Waals surface area contributed by atoms with Crippen LogP contribution >= 0.6 is 0 Å². The van der Waals surface area contributed by atoms with Gasteiger partial charge in [0.15, 0.2) is 0 Å². The Morgan fingerprint density at radius 1 is 1.30 bits per heavy atom. The van der Waals surface area contributed by atoms with Gasteiger partial charge in [0.25, 0.3) is 0 Å². The van der Waals surface area contributed by atoms with Crippen LogP contribution in [0.2, 0.25) is 0 Å². The Hall–Kier alpha value is -2.89. The van der Waals surface area contributed by atoms with Crippen LogP contribution < -0.4 is 5.73 Å². The van der Waals surface area contributed by atoms with E-state index in [-0.39, 0.29) is 5.96 Å². The van der Waals surface area contributed by atoms with Gasteiger partial charge in [-0.2, -0.15) is 4.99 Å². The number of rotatable bonds is 2. The van der Waals surface area contributed by atoms with E-state index in [0.717, 1.165) is 16.7 Å². The number of para-hydroxylation sites is 2. The second-order valence-electron chi connectivity index (χ2n) is 4.35. The second kappa shape index (κ2) is 5.00. The number of guanidine groups is 1. The van der Waals surface area contributed by atoms with Crippen molar-refractivity contribution in [1.29, 1.82) is 0 Å². The molecule has 0 fully saturated rings. The van der Waals surface area contributed by atoms with Crippen molar-refractivity contribution in [2.24, 2.45) is 22.8 Å². The Bertz CT molecular complexity index is 760. The zero-order valence-electron chi connectivity index (χ0n) is 11.0. The van der Waals surface area contributed by atoms with Crippen molar-refractivity contribution in [2.75, 3.05) is 0 Å². The molecule has 2 aromatic heterocycles. The van der Waals surface area contributed by atoms with E-state index in [1.54, 1.807) is 6.21 Å². The molecule has 0 aliphatic carbocycles. The third-order valence-corrected chi connectivity index (χ3v) is 2.91. The van der Waals surface area contributed by atoms with Gasteiger partial charge in [-0.25, -0.2) is 9.98 Å². The van der Waals surface area contributed by atoms with Gasteiger partial charge in [0, 0.05) is 13.2 Å². The number of fused-ring (bicyclic) bond motifs is 1. The lowest BCUT2D eigenvalue weighted by Gasteiger charge is -1.94. The Morgan fingerprint density at radius 2 is 2.15 bits per heavy atom. The molecule has 3 N–H and O–H groups in total. The molecule has 0 spiro atoms. The molecule has 1 aromatic carbocycles. The molecular formula is C14H14N6. The lowest BCUT2D eigenvalue weighted by Crippen LogP contribution is -2.08. The lowest BCUT2D eigenvalue weighted by molar-refractivity contribution is 0.919. The molecule has 2 heterocycles. The Morgan fingerprint density at radius 3 is 2.90 bits per heavy atom. The summed E-state index contributed by atoms with van der Waals surface area (Å²) in [6.07, 6.45) is 3.61. The SMILES string of the molecule is Cn1cccc1/C=N/C(N)=N\c1nc2ccccc2[nH]1. The van der Waals surface area contributed by atoms with Crippen molar-refractivity contribution < 1.29 is 0 Å². The molecular weight excluding hydrogens is 252 g/mol. The number of aromatic nitrogens is 3. The van der Waals surface area contributed by atoms with Gasteiger partial charge in [-0.05, 0) is 24.3 Å². The number of hydrogen-bond acceptors (Lipinski definition) is 2. The minimum absolute atomic E-state index is 0.158. The van der Waals surface area contributed by atoms with Gasteiger partial charge in [-0.15, -0.1) is 0 Å². The van der Waals surface area contributed by atoms with Crippen molar-refractivity contribution in [2.45, 2.75) is 0 Å². The Kier molecular flexibility index (Phi) is 3.04. The first-order chi connectivity index (χ1) is 9.72. The predicted octanol–water partition coefficient (Wildman–Crippen LogP) is 1.97. The topological polar surface area (TPSA) is 84.3 Å². The zero-order valence-corrected chi connectivity index (χ0v) is 11.0. The quantitative estimate of drug-likeness (QED) is 0.549. The first-order valence-electron chi connectivity index (χ1n) is 6.17.